The van der Waals surface area contributed by atoms with Gasteiger partial charge in [0.1, 0.15) is 5.75 Å². The minimum absolute atomic E-state index is 0.398. The van der Waals surface area contributed by atoms with E-state index in [1.807, 2.05) is 18.2 Å². The number of rotatable bonds is 3. The minimum atomic E-state index is -0.917. The zero-order valence-corrected chi connectivity index (χ0v) is 8.98. The largest absolute Gasteiger partial charge is 0.547 e. The molecule has 5 nitrogen and oxygen atoms in total. The number of hydrogen-bond donors (Lipinski definition) is 0. The van der Waals surface area contributed by atoms with Crippen molar-refractivity contribution in [1.82, 2.24) is 5.06 Å². The van der Waals surface area contributed by atoms with Crippen molar-refractivity contribution >= 4 is 6.16 Å². The van der Waals surface area contributed by atoms with Crippen LogP contribution in [-0.2, 0) is 9.88 Å². The molecule has 0 saturated carbocycles. The maximum absolute atomic E-state index is 11.2. The number of nitrogens with zero attached hydrogens (tertiary/aromatic N) is 1. The van der Waals surface area contributed by atoms with E-state index in [0.29, 0.717) is 12.3 Å². The van der Waals surface area contributed by atoms with Crippen molar-refractivity contribution in [1.29, 1.82) is 0 Å². The van der Waals surface area contributed by atoms with Crippen LogP contribution in [0.3, 0.4) is 0 Å². The molecule has 0 unspecified atom stereocenters. The third kappa shape index (κ3) is 3.66. The SMILES string of the molecule is O=C(OON1C=CC=CC1)Oc1ccccc1. The van der Waals surface area contributed by atoms with Gasteiger partial charge in [-0.25, -0.2) is 14.7 Å². The van der Waals surface area contributed by atoms with Gasteiger partial charge in [0.05, 0.1) is 6.54 Å². The summed E-state index contributed by atoms with van der Waals surface area (Å²) in [5.74, 6) is 0.398. The predicted octanol–water partition coefficient (Wildman–Crippen LogP) is 2.43. The van der Waals surface area contributed by atoms with E-state index >= 15 is 0 Å². The highest BCUT2D eigenvalue weighted by atomic mass is 17.3. The van der Waals surface area contributed by atoms with E-state index in [9.17, 15) is 4.79 Å². The lowest BCUT2D eigenvalue weighted by molar-refractivity contribution is -0.372. The Morgan fingerprint density at radius 3 is 2.71 bits per heavy atom. The molecule has 0 radical (unpaired) electrons. The van der Waals surface area contributed by atoms with Crippen LogP contribution in [0.15, 0.2) is 54.8 Å². The van der Waals surface area contributed by atoms with Crippen LogP contribution >= 0.6 is 0 Å². The molecule has 5 heteroatoms. The standard InChI is InChI=1S/C12H11NO4/c14-12(15-11-7-3-1-4-8-11)16-17-13-9-5-2-6-10-13/h1-9H,10H2. The number of ether oxygens (including phenoxy) is 1. The highest BCUT2D eigenvalue weighted by molar-refractivity contribution is 5.62. The van der Waals surface area contributed by atoms with Crippen LogP contribution in [-0.4, -0.2) is 17.8 Å². The molecule has 2 rings (SSSR count). The number of allylic oxidation sites excluding steroid dienone is 2. The van der Waals surface area contributed by atoms with Gasteiger partial charge in [-0.05, 0) is 18.2 Å². The fourth-order valence-electron chi connectivity index (χ4n) is 1.19. The Hall–Kier alpha value is -2.27. The molecule has 0 saturated heterocycles. The Bertz CT molecular complexity index is 427. The Morgan fingerprint density at radius 1 is 1.18 bits per heavy atom. The van der Waals surface area contributed by atoms with E-state index in [-0.39, 0.29) is 0 Å². The number of hydrogen-bond acceptors (Lipinski definition) is 5. The molecule has 1 aromatic rings. The van der Waals surface area contributed by atoms with E-state index in [2.05, 4.69) is 4.89 Å². The van der Waals surface area contributed by atoms with Gasteiger partial charge in [-0.2, -0.15) is 0 Å². The van der Waals surface area contributed by atoms with Crippen molar-refractivity contribution < 1.29 is 19.4 Å². The summed E-state index contributed by atoms with van der Waals surface area (Å²) in [5, 5.41) is 1.35. The van der Waals surface area contributed by atoms with Crippen molar-refractivity contribution in [2.45, 2.75) is 0 Å². The summed E-state index contributed by atoms with van der Waals surface area (Å²) in [7, 11) is 0. The van der Waals surface area contributed by atoms with Gasteiger partial charge in [-0.3, -0.25) is 0 Å². The summed E-state index contributed by atoms with van der Waals surface area (Å²) in [4.78, 5) is 20.4. The average molecular weight is 233 g/mol. The lowest BCUT2D eigenvalue weighted by Gasteiger charge is -2.16. The van der Waals surface area contributed by atoms with Crippen molar-refractivity contribution in [3.8, 4) is 5.75 Å². The first-order valence-electron chi connectivity index (χ1n) is 5.06. The van der Waals surface area contributed by atoms with Crippen LogP contribution < -0.4 is 4.74 Å². The Labute approximate surface area is 98.4 Å². The van der Waals surface area contributed by atoms with Gasteiger partial charge in [-0.1, -0.05) is 35.3 Å². The normalized spacial score (nSPS) is 13.5. The van der Waals surface area contributed by atoms with E-state index in [1.54, 1.807) is 36.5 Å². The van der Waals surface area contributed by atoms with Gasteiger partial charge >= 0.3 is 6.16 Å². The molecule has 0 fully saturated rings. The molecule has 1 aromatic carbocycles. The summed E-state index contributed by atoms with van der Waals surface area (Å²) in [6, 6.07) is 8.61. The van der Waals surface area contributed by atoms with Crippen LogP contribution in [0.1, 0.15) is 0 Å². The van der Waals surface area contributed by atoms with Crippen molar-refractivity contribution in [2.75, 3.05) is 6.54 Å². The third-order valence-electron chi connectivity index (χ3n) is 1.93. The minimum Gasteiger partial charge on any atom is -0.393 e. The van der Waals surface area contributed by atoms with Gasteiger partial charge in [0.15, 0.2) is 0 Å². The maximum Gasteiger partial charge on any atom is 0.547 e. The molecule has 0 amide bonds. The number of hydroxylamine groups is 2. The first-order chi connectivity index (χ1) is 8.34. The topological polar surface area (TPSA) is 48.0 Å². The molecular weight excluding hydrogens is 222 g/mol. The van der Waals surface area contributed by atoms with Crippen LogP contribution in [0.2, 0.25) is 0 Å². The first-order valence-corrected chi connectivity index (χ1v) is 5.06. The van der Waals surface area contributed by atoms with Crippen LogP contribution in [0, 0.1) is 0 Å². The molecule has 17 heavy (non-hydrogen) atoms. The van der Waals surface area contributed by atoms with Crippen LogP contribution in [0.25, 0.3) is 0 Å². The molecule has 0 bridgehead atoms. The summed E-state index contributed by atoms with van der Waals surface area (Å²) in [6.45, 7) is 0.509. The average Bonchev–Trinajstić information content (AvgIpc) is 2.39. The molecule has 1 heterocycles. The van der Waals surface area contributed by atoms with E-state index in [0.717, 1.165) is 0 Å². The molecule has 0 aliphatic carbocycles. The molecule has 88 valence electrons. The highest BCUT2D eigenvalue weighted by Crippen LogP contribution is 2.09. The number of carbonyl (C=O) groups is 1. The maximum atomic E-state index is 11.2. The number of benzene rings is 1. The highest BCUT2D eigenvalue weighted by Gasteiger charge is 2.09. The zero-order chi connectivity index (χ0) is 11.9. The molecule has 1 aliphatic rings. The van der Waals surface area contributed by atoms with Crippen LogP contribution in [0.4, 0.5) is 4.79 Å². The van der Waals surface area contributed by atoms with E-state index in [1.165, 1.54) is 5.06 Å². The smallest absolute Gasteiger partial charge is 0.393 e. The van der Waals surface area contributed by atoms with E-state index < -0.39 is 6.16 Å². The summed E-state index contributed by atoms with van der Waals surface area (Å²) < 4.78 is 4.85. The summed E-state index contributed by atoms with van der Waals surface area (Å²) in [6.07, 6.45) is 6.19. The molecular formula is C12H11NO4. The first kappa shape index (κ1) is 11.2. The second-order valence-electron chi connectivity index (χ2n) is 3.19. The molecule has 0 atom stereocenters. The second-order valence-corrected chi connectivity index (χ2v) is 3.19. The Morgan fingerprint density at radius 2 is 2.00 bits per heavy atom. The van der Waals surface area contributed by atoms with E-state index in [4.69, 9.17) is 9.73 Å². The lowest BCUT2D eigenvalue weighted by Crippen LogP contribution is -2.23. The molecule has 1 aliphatic heterocycles. The van der Waals surface area contributed by atoms with Gasteiger partial charge in [0.2, 0.25) is 0 Å². The van der Waals surface area contributed by atoms with Gasteiger partial charge < -0.3 is 4.74 Å². The molecule has 0 aromatic heterocycles. The lowest BCUT2D eigenvalue weighted by atomic mass is 10.3. The summed E-state index contributed by atoms with van der Waals surface area (Å²) >= 11 is 0. The Balaban J connectivity index is 1.74. The second kappa shape index (κ2) is 5.72. The predicted molar refractivity (Wildman–Crippen MR) is 59.6 cm³/mol. The van der Waals surface area contributed by atoms with Gasteiger partial charge in [0.25, 0.3) is 0 Å². The van der Waals surface area contributed by atoms with Gasteiger partial charge in [0, 0.05) is 6.20 Å². The molecule has 0 N–H and O–H groups in total. The van der Waals surface area contributed by atoms with Gasteiger partial charge in [-0.15, -0.1) is 0 Å². The van der Waals surface area contributed by atoms with Crippen molar-refractivity contribution in [3.63, 3.8) is 0 Å². The Kier molecular flexibility index (Phi) is 3.77. The molecule has 0 spiro atoms. The van der Waals surface area contributed by atoms with Crippen LogP contribution in [0.5, 0.6) is 5.75 Å². The zero-order valence-electron chi connectivity index (χ0n) is 8.98. The fraction of sp³-hybridized carbons (Fsp3) is 0.0833. The quantitative estimate of drug-likeness (QED) is 0.347. The van der Waals surface area contributed by atoms with Crippen molar-refractivity contribution in [2.24, 2.45) is 0 Å². The number of carbonyl (C=O) groups excluding carboxylic acids is 1. The van der Waals surface area contributed by atoms with Crippen molar-refractivity contribution in [3.05, 3.63) is 54.8 Å². The monoisotopic (exact) mass is 233 g/mol. The fourth-order valence-corrected chi connectivity index (χ4v) is 1.19. The third-order valence-corrected chi connectivity index (χ3v) is 1.93. The summed E-state index contributed by atoms with van der Waals surface area (Å²) in [5.41, 5.74) is 0. The number of para-hydroxylation sites is 1.